The van der Waals surface area contributed by atoms with Crippen LogP contribution in [0.25, 0.3) is 0 Å². The average molecular weight is 85.1 g/mol. The molecule has 0 aliphatic carbocycles. The first kappa shape index (κ1) is 3.14. The second-order valence-electron chi connectivity index (χ2n) is 0.914. The number of primary amides is 1. The van der Waals surface area contributed by atoms with Crippen molar-refractivity contribution in [1.29, 1.82) is 0 Å². The van der Waals surface area contributed by atoms with E-state index in [1.54, 1.807) is 0 Å². The summed E-state index contributed by atoms with van der Waals surface area (Å²) < 4.78 is 0. The van der Waals surface area contributed by atoms with Gasteiger partial charge in [-0.3, -0.25) is 0 Å². The number of urea groups is 1. The quantitative estimate of drug-likeness (QED) is 0.416. The molecular formula is C2H3N3O. The first-order valence-electron chi connectivity index (χ1n) is 1.43. The van der Waals surface area contributed by atoms with E-state index in [2.05, 4.69) is 10.8 Å². The van der Waals surface area contributed by atoms with Crippen LogP contribution in [0.1, 0.15) is 0 Å². The van der Waals surface area contributed by atoms with Gasteiger partial charge < -0.3 is 5.73 Å². The van der Waals surface area contributed by atoms with E-state index in [4.69, 9.17) is 0 Å². The van der Waals surface area contributed by atoms with E-state index < -0.39 is 6.03 Å². The van der Waals surface area contributed by atoms with Crippen LogP contribution in [0.5, 0.6) is 0 Å². The SMILES string of the molecule is NC(=O)N1C=N1. The zero-order valence-corrected chi connectivity index (χ0v) is 2.96. The van der Waals surface area contributed by atoms with Crippen LogP contribution in [0.3, 0.4) is 0 Å². The lowest BCUT2D eigenvalue weighted by Crippen LogP contribution is -2.19. The Kier molecular flexibility index (Phi) is 0.370. The summed E-state index contributed by atoms with van der Waals surface area (Å²) in [7, 11) is 0. The first-order valence-corrected chi connectivity index (χ1v) is 1.43. The molecule has 2 amide bonds. The second-order valence-corrected chi connectivity index (χ2v) is 0.914. The van der Waals surface area contributed by atoms with Crippen LogP contribution < -0.4 is 5.73 Å². The van der Waals surface area contributed by atoms with Crippen LogP contribution >= 0.6 is 0 Å². The Bertz CT molecular complexity index is 101. The molecule has 0 unspecified atom stereocenters. The van der Waals surface area contributed by atoms with Gasteiger partial charge in [0.15, 0.2) is 0 Å². The van der Waals surface area contributed by atoms with Crippen molar-refractivity contribution in [3.8, 4) is 0 Å². The fraction of sp³-hybridized carbons (Fsp3) is 0. The third-order valence-corrected chi connectivity index (χ3v) is 0.457. The molecular weight excluding hydrogens is 82.0 g/mol. The normalized spacial score (nSPS) is 15.0. The van der Waals surface area contributed by atoms with Gasteiger partial charge in [-0.15, -0.1) is 0 Å². The fourth-order valence-electron chi connectivity index (χ4n) is 0.140. The number of hydrogen-bond donors (Lipinski definition) is 1. The zero-order valence-electron chi connectivity index (χ0n) is 2.96. The van der Waals surface area contributed by atoms with E-state index in [1.807, 2.05) is 0 Å². The Hall–Kier alpha value is -1.06. The number of nitrogens with zero attached hydrogens (tertiary/aromatic N) is 2. The average Bonchev–Trinajstić information content (AvgIpc) is 2.06. The maximum atomic E-state index is 9.78. The van der Waals surface area contributed by atoms with Crippen LogP contribution in [0.4, 0.5) is 4.79 Å². The highest BCUT2D eigenvalue weighted by Crippen LogP contribution is 1.93. The van der Waals surface area contributed by atoms with Crippen molar-refractivity contribution in [2.24, 2.45) is 10.8 Å². The van der Waals surface area contributed by atoms with Crippen molar-refractivity contribution in [3.63, 3.8) is 0 Å². The molecule has 0 aromatic rings. The van der Waals surface area contributed by atoms with Gasteiger partial charge in [0.05, 0.1) is 0 Å². The molecule has 0 fully saturated rings. The molecule has 0 saturated carbocycles. The Morgan fingerprint density at radius 3 is 2.50 bits per heavy atom. The Morgan fingerprint density at radius 2 is 2.50 bits per heavy atom. The molecule has 0 atom stereocenters. The minimum atomic E-state index is -0.519. The van der Waals surface area contributed by atoms with Crippen molar-refractivity contribution in [2.75, 3.05) is 0 Å². The largest absolute Gasteiger partial charge is 0.350 e. The topological polar surface area (TPSA) is 58.5 Å². The molecule has 1 heterocycles. The summed E-state index contributed by atoms with van der Waals surface area (Å²) in [5.74, 6) is 0. The van der Waals surface area contributed by atoms with Gasteiger partial charge in [0, 0.05) is 0 Å². The Morgan fingerprint density at radius 1 is 2.00 bits per heavy atom. The van der Waals surface area contributed by atoms with Crippen LogP contribution in [0, 0.1) is 0 Å². The van der Waals surface area contributed by atoms with Gasteiger partial charge in [0.25, 0.3) is 0 Å². The molecule has 2 N–H and O–H groups in total. The predicted octanol–water partition coefficient (Wildman–Crippen LogP) is -0.676. The third-order valence-electron chi connectivity index (χ3n) is 0.457. The Labute approximate surface area is 34.2 Å². The lowest BCUT2D eigenvalue weighted by molar-refractivity contribution is 0.239. The summed E-state index contributed by atoms with van der Waals surface area (Å²) in [5.41, 5.74) is 4.66. The van der Waals surface area contributed by atoms with Crippen molar-refractivity contribution in [1.82, 2.24) is 5.01 Å². The highest BCUT2D eigenvalue weighted by molar-refractivity contribution is 5.91. The smallest absolute Gasteiger partial charge is 0.341 e. The lowest BCUT2D eigenvalue weighted by Gasteiger charge is -1.82. The molecule has 6 heavy (non-hydrogen) atoms. The van der Waals surface area contributed by atoms with Crippen molar-refractivity contribution in [3.05, 3.63) is 0 Å². The van der Waals surface area contributed by atoms with Gasteiger partial charge in [0.1, 0.15) is 6.34 Å². The zero-order chi connectivity index (χ0) is 4.57. The van der Waals surface area contributed by atoms with E-state index in [0.29, 0.717) is 0 Å². The van der Waals surface area contributed by atoms with E-state index >= 15 is 0 Å². The second kappa shape index (κ2) is 0.707. The summed E-state index contributed by atoms with van der Waals surface area (Å²) in [6.07, 6.45) is 1.35. The van der Waals surface area contributed by atoms with Gasteiger partial charge in [-0.2, -0.15) is 10.1 Å². The summed E-state index contributed by atoms with van der Waals surface area (Å²) in [6, 6.07) is -0.519. The van der Waals surface area contributed by atoms with Crippen LogP contribution in [-0.4, -0.2) is 17.4 Å². The molecule has 1 rings (SSSR count). The van der Waals surface area contributed by atoms with Gasteiger partial charge >= 0.3 is 6.03 Å². The minimum Gasteiger partial charge on any atom is -0.350 e. The first-order chi connectivity index (χ1) is 2.80. The Balaban J connectivity index is 2.35. The molecule has 1 aliphatic rings. The molecule has 4 nitrogen and oxygen atoms in total. The van der Waals surface area contributed by atoms with E-state index in [0.717, 1.165) is 5.01 Å². The monoisotopic (exact) mass is 85.0 g/mol. The predicted molar refractivity (Wildman–Crippen MR) is 19.9 cm³/mol. The summed E-state index contributed by atoms with van der Waals surface area (Å²) in [5, 5.41) is 4.39. The van der Waals surface area contributed by atoms with Gasteiger partial charge in [-0.05, 0) is 0 Å². The standard InChI is InChI=1S/C2H3N3O/c3-2(6)5-1-4-5/h1H,(H2,3,6). The lowest BCUT2D eigenvalue weighted by atomic mass is 11.0. The van der Waals surface area contributed by atoms with Crippen LogP contribution in [0.2, 0.25) is 0 Å². The molecule has 0 aromatic carbocycles. The number of amides is 2. The number of carbonyl (C=O) groups is 1. The molecule has 1 aliphatic heterocycles. The minimum absolute atomic E-state index is 0.519. The summed E-state index contributed by atoms with van der Waals surface area (Å²) in [6.45, 7) is 0. The molecule has 0 saturated heterocycles. The molecule has 0 spiro atoms. The van der Waals surface area contributed by atoms with Gasteiger partial charge in [-0.1, -0.05) is 0 Å². The number of hydrazone groups is 1. The van der Waals surface area contributed by atoms with Crippen LogP contribution in [-0.2, 0) is 0 Å². The molecule has 0 radical (unpaired) electrons. The maximum absolute atomic E-state index is 9.78. The van der Waals surface area contributed by atoms with E-state index in [-0.39, 0.29) is 0 Å². The third kappa shape index (κ3) is 0.314. The van der Waals surface area contributed by atoms with Crippen molar-refractivity contribution < 1.29 is 4.79 Å². The molecule has 0 bridgehead atoms. The summed E-state index contributed by atoms with van der Waals surface area (Å²) in [4.78, 5) is 9.78. The van der Waals surface area contributed by atoms with E-state index in [9.17, 15) is 4.79 Å². The van der Waals surface area contributed by atoms with Crippen LogP contribution in [0.15, 0.2) is 5.10 Å². The van der Waals surface area contributed by atoms with Gasteiger partial charge in [0.2, 0.25) is 0 Å². The van der Waals surface area contributed by atoms with Crippen molar-refractivity contribution >= 4 is 12.4 Å². The number of hydrogen-bond acceptors (Lipinski definition) is 2. The van der Waals surface area contributed by atoms with E-state index in [1.165, 1.54) is 6.34 Å². The fourth-order valence-corrected chi connectivity index (χ4v) is 0.140. The van der Waals surface area contributed by atoms with Gasteiger partial charge in [-0.25, -0.2) is 4.79 Å². The number of rotatable bonds is 0. The highest BCUT2D eigenvalue weighted by atomic mass is 16.2. The molecule has 32 valence electrons. The highest BCUT2D eigenvalue weighted by Gasteiger charge is 2.12. The summed E-state index contributed by atoms with van der Waals surface area (Å²) >= 11 is 0. The van der Waals surface area contributed by atoms with Crippen molar-refractivity contribution in [2.45, 2.75) is 0 Å². The molecule has 0 aromatic heterocycles. The molecule has 4 heteroatoms. The maximum Gasteiger partial charge on any atom is 0.341 e. The number of carbonyl (C=O) groups excluding carboxylic acids is 1. The number of nitrogens with two attached hydrogens (primary N) is 1.